The van der Waals surface area contributed by atoms with Crippen molar-refractivity contribution in [1.29, 1.82) is 0 Å². The number of hydrogen-bond donors (Lipinski definition) is 4. The highest BCUT2D eigenvalue weighted by Crippen LogP contribution is 2.32. The SMILES string of the molecule is CS(=O)(=O)N[C@H](CCC1CCNCC1)C(=O)N1C[C@H](OC(=O)N2CCCCC2)C[C@H]1C(=O)N[C@@H](C[C@H]1CC[C@H](CN)CC1)C(=O)c1nc2ccccc2o1. The average Bonchev–Trinajstić information content (AvgIpc) is 3.81. The molecule has 0 unspecified atom stereocenters. The number of aromatic nitrogens is 1. The molecule has 298 valence electrons. The van der Waals surface area contributed by atoms with Crippen LogP contribution < -0.4 is 21.1 Å². The molecule has 1 aromatic heterocycles. The van der Waals surface area contributed by atoms with Gasteiger partial charge in [0.1, 0.15) is 23.7 Å². The monoisotopic (exact) mass is 771 g/mol. The van der Waals surface area contributed by atoms with E-state index in [-0.39, 0.29) is 31.2 Å². The van der Waals surface area contributed by atoms with Crippen LogP contribution in [0, 0.1) is 17.8 Å². The lowest BCUT2D eigenvalue weighted by Gasteiger charge is -2.32. The Morgan fingerprint density at radius 3 is 2.37 bits per heavy atom. The molecular formula is C38H57N7O8S. The highest BCUT2D eigenvalue weighted by atomic mass is 32.2. The number of piperidine rings is 2. The smallest absolute Gasteiger partial charge is 0.410 e. The van der Waals surface area contributed by atoms with E-state index >= 15 is 0 Å². The van der Waals surface area contributed by atoms with Gasteiger partial charge in [-0.15, -0.1) is 0 Å². The minimum atomic E-state index is -3.80. The normalized spacial score (nSPS) is 25.3. The number of sulfonamides is 1. The van der Waals surface area contributed by atoms with Crippen molar-refractivity contribution in [2.45, 2.75) is 108 Å². The van der Waals surface area contributed by atoms with Crippen molar-refractivity contribution >= 4 is 44.8 Å². The summed E-state index contributed by atoms with van der Waals surface area (Å²) in [6, 6.07) is 3.82. The maximum absolute atomic E-state index is 14.4. The fraction of sp³-hybridized carbons (Fsp3) is 0.711. The number of amides is 3. The number of benzene rings is 1. The molecular weight excluding hydrogens is 715 g/mol. The minimum absolute atomic E-state index is 0.00243. The van der Waals surface area contributed by atoms with Crippen molar-refractivity contribution in [3.05, 3.63) is 30.2 Å². The first-order valence-corrected chi connectivity index (χ1v) is 21.7. The maximum atomic E-state index is 14.4. The molecule has 4 aliphatic rings. The topological polar surface area (TPSA) is 206 Å². The Labute approximate surface area is 317 Å². The second-order valence-corrected chi connectivity index (χ2v) is 17.6. The molecule has 2 aromatic rings. The summed E-state index contributed by atoms with van der Waals surface area (Å²) in [6.45, 7) is 3.39. The van der Waals surface area contributed by atoms with Gasteiger partial charge in [-0.25, -0.2) is 22.9 Å². The lowest BCUT2D eigenvalue weighted by atomic mass is 9.79. The first-order chi connectivity index (χ1) is 26.0. The highest BCUT2D eigenvalue weighted by Gasteiger charge is 2.45. The number of likely N-dealkylation sites (tertiary alicyclic amines) is 2. The van der Waals surface area contributed by atoms with Crippen LogP contribution in [-0.4, -0.2) is 117 Å². The Kier molecular flexibility index (Phi) is 13.6. The van der Waals surface area contributed by atoms with Gasteiger partial charge in [-0.2, -0.15) is 0 Å². The molecule has 0 spiro atoms. The van der Waals surface area contributed by atoms with Crippen molar-refractivity contribution in [3.8, 4) is 0 Å². The van der Waals surface area contributed by atoms with Crippen LogP contribution in [0.2, 0.25) is 0 Å². The van der Waals surface area contributed by atoms with E-state index in [4.69, 9.17) is 14.9 Å². The van der Waals surface area contributed by atoms with Crippen LogP contribution >= 0.6 is 0 Å². The molecule has 4 atom stereocenters. The fourth-order valence-corrected chi connectivity index (χ4v) is 9.33. The predicted molar refractivity (Wildman–Crippen MR) is 202 cm³/mol. The van der Waals surface area contributed by atoms with Crippen molar-refractivity contribution in [3.63, 3.8) is 0 Å². The first kappa shape index (κ1) is 40.1. The first-order valence-electron chi connectivity index (χ1n) is 19.8. The maximum Gasteiger partial charge on any atom is 0.410 e. The van der Waals surface area contributed by atoms with Crippen LogP contribution in [0.25, 0.3) is 11.1 Å². The van der Waals surface area contributed by atoms with Crippen LogP contribution in [0.1, 0.15) is 94.2 Å². The molecule has 1 aliphatic carbocycles. The number of nitrogens with zero attached hydrogens (tertiary/aromatic N) is 3. The summed E-state index contributed by atoms with van der Waals surface area (Å²) in [5.41, 5.74) is 6.92. The van der Waals surface area contributed by atoms with Crippen LogP contribution in [0.15, 0.2) is 28.7 Å². The number of oxazole rings is 1. The number of hydrogen-bond acceptors (Lipinski definition) is 11. The quantitative estimate of drug-likeness (QED) is 0.206. The van der Waals surface area contributed by atoms with Gasteiger partial charge in [-0.1, -0.05) is 25.0 Å². The number of carbonyl (C=O) groups excluding carboxylic acids is 4. The summed E-state index contributed by atoms with van der Waals surface area (Å²) in [5.74, 6) is -0.827. The van der Waals surface area contributed by atoms with Crippen molar-refractivity contribution in [2.75, 3.05) is 45.5 Å². The number of carbonyl (C=O) groups is 4. The van der Waals surface area contributed by atoms with E-state index in [9.17, 15) is 27.6 Å². The predicted octanol–water partition coefficient (Wildman–Crippen LogP) is 2.94. The largest absolute Gasteiger partial charge is 0.444 e. The molecule has 16 heteroatoms. The molecule has 3 aliphatic heterocycles. The molecule has 1 aromatic carbocycles. The Morgan fingerprint density at radius 1 is 0.981 bits per heavy atom. The zero-order valence-electron chi connectivity index (χ0n) is 31.4. The van der Waals surface area contributed by atoms with Crippen LogP contribution in [-0.2, 0) is 24.3 Å². The van der Waals surface area contributed by atoms with E-state index in [1.807, 2.05) is 0 Å². The number of fused-ring (bicyclic) bond motifs is 1. The third-order valence-electron chi connectivity index (χ3n) is 11.7. The molecule has 0 radical (unpaired) electrons. The standard InChI is InChI=1S/C38H57N7O8S/c1-54(50,51)43-30(14-13-25-15-17-40-18-16-25)37(48)45-24-28(52-38(49)44-19-5-2-6-20-44)22-32(45)35(47)41-31(21-26-9-11-27(23-39)12-10-26)34(46)36-42-29-7-3-4-8-33(29)53-36/h3-4,7-8,25-28,30-32,40,43H,2,5-6,9-24,39H2,1H3,(H,41,47)/t26-,27-,28-,30-,31+,32+/m1/s1. The Morgan fingerprint density at radius 2 is 1.69 bits per heavy atom. The summed E-state index contributed by atoms with van der Waals surface area (Å²) in [5, 5.41) is 6.29. The highest BCUT2D eigenvalue weighted by molar-refractivity contribution is 7.88. The van der Waals surface area contributed by atoms with Crippen LogP contribution in [0.3, 0.4) is 0 Å². The molecule has 4 fully saturated rings. The van der Waals surface area contributed by atoms with Gasteiger partial charge in [-0.05, 0) is 114 Å². The molecule has 54 heavy (non-hydrogen) atoms. The molecule has 0 bridgehead atoms. The zero-order valence-corrected chi connectivity index (χ0v) is 32.2. The Bertz CT molecular complexity index is 1680. The van der Waals surface area contributed by atoms with E-state index in [0.29, 0.717) is 55.4 Å². The Balaban J connectivity index is 1.24. The number of ether oxygens (including phenoxy) is 1. The lowest BCUT2D eigenvalue weighted by molar-refractivity contribution is -0.140. The third-order valence-corrected chi connectivity index (χ3v) is 12.4. The van der Waals surface area contributed by atoms with Crippen LogP contribution in [0.5, 0.6) is 0 Å². The number of rotatable bonds is 14. The Hall–Kier alpha value is -3.60. The summed E-state index contributed by atoms with van der Waals surface area (Å²) in [7, 11) is -3.80. The van der Waals surface area contributed by atoms with Gasteiger partial charge in [0.25, 0.3) is 5.89 Å². The average molecular weight is 772 g/mol. The van der Waals surface area contributed by atoms with Gasteiger partial charge in [0.2, 0.25) is 27.6 Å². The molecule has 6 rings (SSSR count). The number of ketones is 1. The van der Waals surface area contributed by atoms with E-state index < -0.39 is 57.9 Å². The lowest BCUT2D eigenvalue weighted by Crippen LogP contribution is -2.55. The van der Waals surface area contributed by atoms with Crippen LogP contribution in [0.4, 0.5) is 4.79 Å². The number of nitrogens with two attached hydrogens (primary N) is 1. The van der Waals surface area contributed by atoms with E-state index in [1.165, 1.54) is 4.90 Å². The van der Waals surface area contributed by atoms with Gasteiger partial charge in [0.05, 0.1) is 18.8 Å². The molecule has 1 saturated carbocycles. The molecule has 5 N–H and O–H groups in total. The summed E-state index contributed by atoms with van der Waals surface area (Å²) < 4.78 is 39.4. The van der Waals surface area contributed by atoms with Gasteiger partial charge in [-0.3, -0.25) is 14.4 Å². The fourth-order valence-electron chi connectivity index (χ4n) is 8.59. The summed E-state index contributed by atoms with van der Waals surface area (Å²) >= 11 is 0. The second-order valence-electron chi connectivity index (χ2n) is 15.8. The molecule has 3 saturated heterocycles. The summed E-state index contributed by atoms with van der Waals surface area (Å²) in [6.07, 6.45) is 9.13. The van der Waals surface area contributed by atoms with E-state index in [0.717, 1.165) is 77.1 Å². The minimum Gasteiger partial charge on any atom is -0.444 e. The second kappa shape index (κ2) is 18.4. The summed E-state index contributed by atoms with van der Waals surface area (Å²) in [4.78, 5) is 63.6. The van der Waals surface area contributed by atoms with E-state index in [1.54, 1.807) is 29.2 Å². The third kappa shape index (κ3) is 10.6. The molecule has 4 heterocycles. The van der Waals surface area contributed by atoms with Gasteiger partial charge >= 0.3 is 6.09 Å². The van der Waals surface area contributed by atoms with E-state index in [2.05, 4.69) is 20.3 Å². The number of nitrogens with one attached hydrogen (secondary N) is 3. The van der Waals surface area contributed by atoms with Crippen molar-refractivity contribution in [1.82, 2.24) is 30.1 Å². The number of Topliss-reactive ketones (excluding diaryl/α,β-unsaturated/α-hetero) is 1. The zero-order chi connectivity index (χ0) is 38.2. The van der Waals surface area contributed by atoms with Gasteiger partial charge in [0.15, 0.2) is 5.58 Å². The number of para-hydroxylation sites is 2. The van der Waals surface area contributed by atoms with Crippen molar-refractivity contribution in [2.24, 2.45) is 23.5 Å². The molecule has 15 nitrogen and oxygen atoms in total. The van der Waals surface area contributed by atoms with Gasteiger partial charge < -0.3 is 35.3 Å². The molecule has 3 amide bonds. The van der Waals surface area contributed by atoms with Crippen molar-refractivity contribution < 1.29 is 36.7 Å². The van der Waals surface area contributed by atoms with Gasteiger partial charge in [0, 0.05) is 19.5 Å².